The summed E-state index contributed by atoms with van der Waals surface area (Å²) in [5, 5.41) is 6.80. The molecule has 1 aliphatic rings. The number of nitrogens with zero attached hydrogens (tertiary/aromatic N) is 2. The number of fused-ring (bicyclic) bond motifs is 1. The second kappa shape index (κ2) is 3.24. The molecule has 0 saturated carbocycles. The summed E-state index contributed by atoms with van der Waals surface area (Å²) in [6.45, 7) is 0. The first kappa shape index (κ1) is 8.73. The number of nitrogens with one attached hydrogen (secondary N) is 1. The van der Waals surface area contributed by atoms with Crippen LogP contribution in [0.3, 0.4) is 0 Å². The van der Waals surface area contributed by atoms with Crippen LogP contribution in [0, 0.1) is 0 Å². The molecule has 4 nitrogen and oxygen atoms in total. The minimum absolute atomic E-state index is 0.210. The molecule has 0 aliphatic heterocycles. The highest BCUT2D eigenvalue weighted by atomic mass is 15.1. The molecule has 78 valence electrons. The van der Waals surface area contributed by atoms with Crippen molar-refractivity contribution in [1.82, 2.24) is 14.8 Å². The van der Waals surface area contributed by atoms with Crippen molar-refractivity contribution < 1.29 is 0 Å². The first-order valence-electron chi connectivity index (χ1n) is 5.31. The zero-order valence-corrected chi connectivity index (χ0v) is 8.48. The summed E-state index contributed by atoms with van der Waals surface area (Å²) in [5.41, 5.74) is 9.80. The van der Waals surface area contributed by atoms with Gasteiger partial charge in [-0.15, -0.1) is 0 Å². The molecule has 0 amide bonds. The molecule has 0 fully saturated rings. The summed E-state index contributed by atoms with van der Waals surface area (Å²) in [6, 6.07) is 2.34. The number of hydrogen-bond donors (Lipinski definition) is 2. The van der Waals surface area contributed by atoms with Gasteiger partial charge in [-0.05, 0) is 30.9 Å². The van der Waals surface area contributed by atoms with Gasteiger partial charge in [0.05, 0.1) is 11.9 Å². The Bertz CT molecular complexity index is 455. The lowest BCUT2D eigenvalue weighted by Crippen LogP contribution is -2.17. The van der Waals surface area contributed by atoms with Crippen LogP contribution in [0.1, 0.15) is 30.1 Å². The van der Waals surface area contributed by atoms with Crippen molar-refractivity contribution >= 4 is 0 Å². The van der Waals surface area contributed by atoms with Gasteiger partial charge in [0, 0.05) is 24.1 Å². The summed E-state index contributed by atoms with van der Waals surface area (Å²) in [4.78, 5) is 0. The molecule has 4 heteroatoms. The topological polar surface area (TPSA) is 59.6 Å². The van der Waals surface area contributed by atoms with Gasteiger partial charge in [0.15, 0.2) is 0 Å². The number of aromatic amines is 1. The van der Waals surface area contributed by atoms with E-state index in [4.69, 9.17) is 5.73 Å². The molecule has 3 N–H and O–H groups in total. The van der Waals surface area contributed by atoms with Crippen LogP contribution in [-0.2, 0) is 6.42 Å². The van der Waals surface area contributed by atoms with Crippen molar-refractivity contribution in [2.45, 2.75) is 25.3 Å². The monoisotopic (exact) mass is 202 g/mol. The molecule has 3 rings (SSSR count). The van der Waals surface area contributed by atoms with Crippen LogP contribution in [0.4, 0.5) is 0 Å². The SMILES string of the molecule is NC1CCCc2c1ccn2-c1cn[nH]c1. The fraction of sp³-hybridized carbons (Fsp3) is 0.364. The predicted molar refractivity (Wildman–Crippen MR) is 57.8 cm³/mol. The van der Waals surface area contributed by atoms with Gasteiger partial charge >= 0.3 is 0 Å². The third kappa shape index (κ3) is 1.29. The van der Waals surface area contributed by atoms with E-state index in [2.05, 4.69) is 27.0 Å². The molecule has 2 aromatic heterocycles. The number of rotatable bonds is 1. The molecular weight excluding hydrogens is 188 g/mol. The molecule has 0 spiro atoms. The van der Waals surface area contributed by atoms with Crippen molar-refractivity contribution in [3.63, 3.8) is 0 Å². The second-order valence-electron chi connectivity index (χ2n) is 4.04. The summed E-state index contributed by atoms with van der Waals surface area (Å²) >= 11 is 0. The fourth-order valence-corrected chi connectivity index (χ4v) is 2.35. The van der Waals surface area contributed by atoms with Gasteiger partial charge in [-0.3, -0.25) is 5.10 Å². The number of H-pyrrole nitrogens is 1. The van der Waals surface area contributed by atoms with Gasteiger partial charge in [0.25, 0.3) is 0 Å². The van der Waals surface area contributed by atoms with E-state index in [-0.39, 0.29) is 6.04 Å². The third-order valence-corrected chi connectivity index (χ3v) is 3.12. The lowest BCUT2D eigenvalue weighted by Gasteiger charge is -2.20. The molecule has 0 bridgehead atoms. The van der Waals surface area contributed by atoms with Crippen molar-refractivity contribution in [2.75, 3.05) is 0 Å². The van der Waals surface area contributed by atoms with Crippen LogP contribution in [-0.4, -0.2) is 14.8 Å². The van der Waals surface area contributed by atoms with Crippen LogP contribution in [0.2, 0.25) is 0 Å². The standard InChI is InChI=1S/C11H14N4/c12-10-2-1-3-11-9(10)4-5-15(11)8-6-13-14-7-8/h4-7,10H,1-3,12H2,(H,13,14). The molecule has 1 atom stereocenters. The van der Waals surface area contributed by atoms with E-state index in [1.54, 1.807) is 0 Å². The van der Waals surface area contributed by atoms with Gasteiger partial charge in [0.1, 0.15) is 0 Å². The smallest absolute Gasteiger partial charge is 0.0832 e. The van der Waals surface area contributed by atoms with E-state index < -0.39 is 0 Å². The Morgan fingerprint density at radius 1 is 1.53 bits per heavy atom. The van der Waals surface area contributed by atoms with E-state index in [0.717, 1.165) is 18.5 Å². The fourth-order valence-electron chi connectivity index (χ4n) is 2.35. The summed E-state index contributed by atoms with van der Waals surface area (Å²) in [7, 11) is 0. The lowest BCUT2D eigenvalue weighted by molar-refractivity contribution is 0.560. The molecule has 15 heavy (non-hydrogen) atoms. The normalized spacial score (nSPS) is 20.2. The largest absolute Gasteiger partial charge is 0.324 e. The Morgan fingerprint density at radius 2 is 2.47 bits per heavy atom. The van der Waals surface area contributed by atoms with Crippen molar-refractivity contribution in [2.24, 2.45) is 5.73 Å². The highest BCUT2D eigenvalue weighted by Gasteiger charge is 2.20. The molecule has 2 aromatic rings. The molecule has 1 unspecified atom stereocenters. The number of nitrogens with two attached hydrogens (primary N) is 1. The first-order chi connectivity index (χ1) is 7.36. The van der Waals surface area contributed by atoms with Gasteiger partial charge in [-0.25, -0.2) is 0 Å². The van der Waals surface area contributed by atoms with Gasteiger partial charge < -0.3 is 10.3 Å². The third-order valence-electron chi connectivity index (χ3n) is 3.12. The van der Waals surface area contributed by atoms with Crippen LogP contribution >= 0.6 is 0 Å². The predicted octanol–water partition coefficient (Wildman–Crippen LogP) is 1.54. The number of hydrogen-bond acceptors (Lipinski definition) is 2. The average molecular weight is 202 g/mol. The highest BCUT2D eigenvalue weighted by Crippen LogP contribution is 2.30. The minimum atomic E-state index is 0.210. The summed E-state index contributed by atoms with van der Waals surface area (Å²) in [5.74, 6) is 0. The van der Waals surface area contributed by atoms with E-state index in [0.29, 0.717) is 0 Å². The second-order valence-corrected chi connectivity index (χ2v) is 4.04. The average Bonchev–Trinajstić information content (AvgIpc) is 2.85. The van der Waals surface area contributed by atoms with Crippen LogP contribution in [0.15, 0.2) is 24.7 Å². The van der Waals surface area contributed by atoms with E-state index in [9.17, 15) is 0 Å². The molecule has 0 saturated heterocycles. The minimum Gasteiger partial charge on any atom is -0.324 e. The van der Waals surface area contributed by atoms with Gasteiger partial charge in [0.2, 0.25) is 0 Å². The van der Waals surface area contributed by atoms with E-state index in [1.165, 1.54) is 17.7 Å². The van der Waals surface area contributed by atoms with Crippen LogP contribution in [0.25, 0.3) is 5.69 Å². The maximum absolute atomic E-state index is 6.08. The van der Waals surface area contributed by atoms with Crippen molar-refractivity contribution in [3.05, 3.63) is 35.9 Å². The maximum atomic E-state index is 6.08. The quantitative estimate of drug-likeness (QED) is 0.736. The lowest BCUT2D eigenvalue weighted by atomic mass is 9.94. The Balaban J connectivity index is 2.11. The zero-order valence-electron chi connectivity index (χ0n) is 8.48. The van der Waals surface area contributed by atoms with Crippen LogP contribution in [0.5, 0.6) is 0 Å². The summed E-state index contributed by atoms with van der Waals surface area (Å²) < 4.78 is 2.18. The maximum Gasteiger partial charge on any atom is 0.0832 e. The zero-order chi connectivity index (χ0) is 10.3. The van der Waals surface area contributed by atoms with Crippen LogP contribution < -0.4 is 5.73 Å². The van der Waals surface area contributed by atoms with E-state index >= 15 is 0 Å². The molecule has 0 aromatic carbocycles. The molecular formula is C11H14N4. The van der Waals surface area contributed by atoms with Gasteiger partial charge in [-0.1, -0.05) is 0 Å². The highest BCUT2D eigenvalue weighted by molar-refractivity contribution is 5.37. The van der Waals surface area contributed by atoms with Gasteiger partial charge in [-0.2, -0.15) is 5.10 Å². The molecule has 2 heterocycles. The molecule has 0 radical (unpaired) electrons. The molecule has 1 aliphatic carbocycles. The van der Waals surface area contributed by atoms with Crippen molar-refractivity contribution in [1.29, 1.82) is 0 Å². The Morgan fingerprint density at radius 3 is 3.27 bits per heavy atom. The first-order valence-corrected chi connectivity index (χ1v) is 5.31. The number of aromatic nitrogens is 3. The summed E-state index contributed by atoms with van der Waals surface area (Å²) in [6.07, 6.45) is 9.21. The van der Waals surface area contributed by atoms with E-state index in [1.807, 2.05) is 12.4 Å². The Labute approximate surface area is 88.1 Å². The van der Waals surface area contributed by atoms with Crippen molar-refractivity contribution in [3.8, 4) is 5.69 Å². The Kier molecular flexibility index (Phi) is 1.89. The Hall–Kier alpha value is -1.55.